The maximum atomic E-state index is 6.00. The van der Waals surface area contributed by atoms with Crippen molar-refractivity contribution in [3.63, 3.8) is 0 Å². The Kier molecular flexibility index (Phi) is 3.48. The van der Waals surface area contributed by atoms with Gasteiger partial charge in [-0.25, -0.2) is 0 Å². The number of nitrogens with one attached hydrogen (secondary N) is 1. The zero-order valence-corrected chi connectivity index (χ0v) is 12.6. The van der Waals surface area contributed by atoms with Gasteiger partial charge in [-0.1, -0.05) is 11.3 Å². The van der Waals surface area contributed by atoms with Crippen molar-refractivity contribution in [2.75, 3.05) is 18.5 Å². The summed E-state index contributed by atoms with van der Waals surface area (Å²) in [5, 5.41) is 13.1. The number of hydrogen-bond acceptors (Lipinski definition) is 6. The fourth-order valence-corrected chi connectivity index (χ4v) is 2.86. The summed E-state index contributed by atoms with van der Waals surface area (Å²) in [5.74, 6) is 1.59. The fraction of sp³-hybridized carbons (Fsp3) is 0.429. The first-order valence-corrected chi connectivity index (χ1v) is 7.47. The zero-order chi connectivity index (χ0) is 14.1. The molecule has 1 N–H and O–H groups in total. The molecule has 0 spiro atoms. The van der Waals surface area contributed by atoms with Gasteiger partial charge in [-0.3, -0.25) is 0 Å². The van der Waals surface area contributed by atoms with E-state index in [4.69, 9.17) is 9.47 Å². The van der Waals surface area contributed by atoms with Crippen LogP contribution in [0.4, 0.5) is 5.13 Å². The molecule has 20 heavy (non-hydrogen) atoms. The standard InChI is InChI=1S/C14H17N3O2S/c1-4-15-14-17-16-13(20-14)12-7-18-10-5-8(2)9(3)6-11(10)19-12/h5-6,12H,4,7H2,1-3H3,(H,15,17). The lowest BCUT2D eigenvalue weighted by Crippen LogP contribution is -2.21. The lowest BCUT2D eigenvalue weighted by atomic mass is 10.1. The number of hydrogen-bond donors (Lipinski definition) is 1. The maximum Gasteiger partial charge on any atom is 0.205 e. The van der Waals surface area contributed by atoms with E-state index in [0.717, 1.165) is 28.2 Å². The van der Waals surface area contributed by atoms with Crippen molar-refractivity contribution < 1.29 is 9.47 Å². The lowest BCUT2D eigenvalue weighted by molar-refractivity contribution is 0.0904. The van der Waals surface area contributed by atoms with E-state index in [1.165, 1.54) is 22.5 Å². The van der Waals surface area contributed by atoms with E-state index < -0.39 is 0 Å². The second-order valence-corrected chi connectivity index (χ2v) is 5.79. The minimum absolute atomic E-state index is 0.186. The summed E-state index contributed by atoms with van der Waals surface area (Å²) >= 11 is 1.51. The molecule has 1 aliphatic heterocycles. The Morgan fingerprint density at radius 1 is 1.25 bits per heavy atom. The second-order valence-electron chi connectivity index (χ2n) is 4.78. The predicted octanol–water partition coefficient (Wildman–Crippen LogP) is 3.10. The van der Waals surface area contributed by atoms with E-state index in [1.807, 2.05) is 19.1 Å². The Hall–Kier alpha value is -1.82. The van der Waals surface area contributed by atoms with Gasteiger partial charge in [0.15, 0.2) is 22.6 Å². The number of ether oxygens (including phenoxy) is 2. The molecule has 0 aliphatic carbocycles. The molecule has 0 radical (unpaired) electrons. The molecule has 0 saturated carbocycles. The summed E-state index contributed by atoms with van der Waals surface area (Å²) in [6, 6.07) is 4.04. The minimum atomic E-state index is -0.186. The summed E-state index contributed by atoms with van der Waals surface area (Å²) in [5.41, 5.74) is 2.40. The number of nitrogens with zero attached hydrogens (tertiary/aromatic N) is 2. The van der Waals surface area contributed by atoms with Gasteiger partial charge >= 0.3 is 0 Å². The number of aryl methyl sites for hydroxylation is 2. The first-order valence-electron chi connectivity index (χ1n) is 6.65. The molecule has 106 valence electrons. The quantitative estimate of drug-likeness (QED) is 0.941. The van der Waals surface area contributed by atoms with Crippen molar-refractivity contribution in [1.29, 1.82) is 0 Å². The van der Waals surface area contributed by atoms with Crippen molar-refractivity contribution in [2.45, 2.75) is 26.9 Å². The highest BCUT2D eigenvalue weighted by Gasteiger charge is 2.26. The molecule has 0 saturated heterocycles. The van der Waals surface area contributed by atoms with Crippen molar-refractivity contribution >= 4 is 16.5 Å². The summed E-state index contributed by atoms with van der Waals surface area (Å²) in [6.45, 7) is 7.46. The van der Waals surface area contributed by atoms with Crippen LogP contribution in [0.25, 0.3) is 0 Å². The van der Waals surface area contributed by atoms with Crippen LogP contribution in [0.1, 0.15) is 29.2 Å². The third kappa shape index (κ3) is 2.43. The van der Waals surface area contributed by atoms with Gasteiger partial charge in [0.1, 0.15) is 6.61 Å². The van der Waals surface area contributed by atoms with Crippen LogP contribution in [0.15, 0.2) is 12.1 Å². The molecule has 1 aliphatic rings. The van der Waals surface area contributed by atoms with Gasteiger partial charge in [0.25, 0.3) is 0 Å². The molecule has 1 aromatic heterocycles. The number of anilines is 1. The van der Waals surface area contributed by atoms with Crippen molar-refractivity contribution in [3.05, 3.63) is 28.3 Å². The Labute approximate surface area is 121 Å². The predicted molar refractivity (Wildman–Crippen MR) is 78.9 cm³/mol. The van der Waals surface area contributed by atoms with Gasteiger partial charge < -0.3 is 14.8 Å². The van der Waals surface area contributed by atoms with E-state index in [1.54, 1.807) is 0 Å². The Morgan fingerprint density at radius 3 is 2.75 bits per heavy atom. The van der Waals surface area contributed by atoms with E-state index in [9.17, 15) is 0 Å². The third-order valence-corrected chi connectivity index (χ3v) is 4.24. The van der Waals surface area contributed by atoms with E-state index in [0.29, 0.717) is 6.61 Å². The van der Waals surface area contributed by atoms with Gasteiger partial charge in [-0.15, -0.1) is 10.2 Å². The van der Waals surface area contributed by atoms with Crippen LogP contribution in [-0.2, 0) is 0 Å². The summed E-state index contributed by atoms with van der Waals surface area (Å²) in [7, 11) is 0. The summed E-state index contributed by atoms with van der Waals surface area (Å²) < 4.78 is 11.8. The average molecular weight is 291 g/mol. The van der Waals surface area contributed by atoms with Gasteiger partial charge in [-0.2, -0.15) is 0 Å². The van der Waals surface area contributed by atoms with Crippen molar-refractivity contribution in [1.82, 2.24) is 10.2 Å². The molecule has 2 heterocycles. The van der Waals surface area contributed by atoms with Crippen LogP contribution in [0, 0.1) is 13.8 Å². The van der Waals surface area contributed by atoms with Gasteiger partial charge in [-0.05, 0) is 44.0 Å². The zero-order valence-electron chi connectivity index (χ0n) is 11.8. The highest BCUT2D eigenvalue weighted by atomic mass is 32.1. The largest absolute Gasteiger partial charge is 0.485 e. The third-order valence-electron chi connectivity index (χ3n) is 3.26. The Balaban J connectivity index is 1.82. The molecule has 1 atom stereocenters. The van der Waals surface area contributed by atoms with Gasteiger partial charge in [0.05, 0.1) is 0 Å². The summed E-state index contributed by atoms with van der Waals surface area (Å²) in [4.78, 5) is 0. The molecular formula is C14H17N3O2S. The van der Waals surface area contributed by atoms with Crippen LogP contribution < -0.4 is 14.8 Å². The van der Waals surface area contributed by atoms with Crippen LogP contribution in [0.2, 0.25) is 0 Å². The van der Waals surface area contributed by atoms with E-state index in [2.05, 4.69) is 29.4 Å². The SMILES string of the molecule is CCNc1nnc(C2COc3cc(C)c(C)cc3O2)s1. The number of aromatic nitrogens is 2. The lowest BCUT2D eigenvalue weighted by Gasteiger charge is -2.25. The minimum Gasteiger partial charge on any atom is -0.485 e. The van der Waals surface area contributed by atoms with Crippen LogP contribution in [0.5, 0.6) is 11.5 Å². The van der Waals surface area contributed by atoms with Crippen molar-refractivity contribution in [3.8, 4) is 11.5 Å². The molecular weight excluding hydrogens is 274 g/mol. The molecule has 6 heteroatoms. The monoisotopic (exact) mass is 291 g/mol. The number of rotatable bonds is 3. The Bertz CT molecular complexity index is 627. The first-order chi connectivity index (χ1) is 9.67. The highest BCUT2D eigenvalue weighted by Crippen LogP contribution is 2.39. The van der Waals surface area contributed by atoms with E-state index in [-0.39, 0.29) is 6.10 Å². The van der Waals surface area contributed by atoms with Gasteiger partial charge in [0.2, 0.25) is 5.13 Å². The fourth-order valence-electron chi connectivity index (χ4n) is 2.03. The second kappa shape index (κ2) is 5.28. The van der Waals surface area contributed by atoms with Crippen molar-refractivity contribution in [2.24, 2.45) is 0 Å². The smallest absolute Gasteiger partial charge is 0.205 e. The molecule has 0 bridgehead atoms. The average Bonchev–Trinajstić information content (AvgIpc) is 2.89. The normalized spacial score (nSPS) is 17.1. The molecule has 3 rings (SSSR count). The van der Waals surface area contributed by atoms with Crippen LogP contribution >= 0.6 is 11.3 Å². The van der Waals surface area contributed by atoms with E-state index >= 15 is 0 Å². The van der Waals surface area contributed by atoms with Crippen LogP contribution in [0.3, 0.4) is 0 Å². The van der Waals surface area contributed by atoms with Gasteiger partial charge in [0, 0.05) is 6.54 Å². The maximum absolute atomic E-state index is 6.00. The van der Waals surface area contributed by atoms with Crippen LogP contribution in [-0.4, -0.2) is 23.3 Å². The summed E-state index contributed by atoms with van der Waals surface area (Å²) in [6.07, 6.45) is -0.186. The topological polar surface area (TPSA) is 56.3 Å². The molecule has 0 fully saturated rings. The molecule has 5 nitrogen and oxygen atoms in total. The highest BCUT2D eigenvalue weighted by molar-refractivity contribution is 7.15. The molecule has 0 amide bonds. The number of benzene rings is 1. The first kappa shape index (κ1) is 13.2. The molecule has 1 aromatic carbocycles. The number of fused-ring (bicyclic) bond motifs is 1. The Morgan fingerprint density at radius 2 is 2.00 bits per heavy atom. The molecule has 2 aromatic rings. The molecule has 1 unspecified atom stereocenters.